The van der Waals surface area contributed by atoms with Gasteiger partial charge in [0, 0.05) is 37.0 Å². The first kappa shape index (κ1) is 10.5. The van der Waals surface area contributed by atoms with Crippen molar-refractivity contribution >= 4 is 12.6 Å². The van der Waals surface area contributed by atoms with E-state index in [4.69, 9.17) is 14.8 Å². The highest BCUT2D eigenvalue weighted by atomic mass is 16.5. The van der Waals surface area contributed by atoms with Crippen LogP contribution in [-0.2, 0) is 4.74 Å². The van der Waals surface area contributed by atoms with E-state index >= 15 is 0 Å². The van der Waals surface area contributed by atoms with Gasteiger partial charge in [0.05, 0.1) is 0 Å². The van der Waals surface area contributed by atoms with Crippen LogP contribution >= 0.6 is 0 Å². The number of ether oxygens (including phenoxy) is 1. The Hall–Kier alpha value is -0.975. The number of rotatable bonds is 2. The molecule has 1 aliphatic heterocycles. The highest BCUT2D eigenvalue weighted by molar-refractivity contribution is 6.58. The molecule has 1 fully saturated rings. The van der Waals surface area contributed by atoms with Crippen LogP contribution in [0.25, 0.3) is 0 Å². The van der Waals surface area contributed by atoms with Crippen LogP contribution in [0.15, 0.2) is 12.4 Å². The van der Waals surface area contributed by atoms with Gasteiger partial charge in [0.25, 0.3) is 0 Å². The van der Waals surface area contributed by atoms with Gasteiger partial charge in [-0.15, -0.1) is 0 Å². The summed E-state index contributed by atoms with van der Waals surface area (Å²) in [6.45, 7) is 1.50. The molecular formula is C9H13BN2O3. The van der Waals surface area contributed by atoms with E-state index in [-0.39, 0.29) is 0 Å². The molecule has 0 spiro atoms. The molecule has 2 rings (SSSR count). The summed E-state index contributed by atoms with van der Waals surface area (Å²) in [5, 5.41) is 17.8. The SMILES string of the molecule is OB(O)c1cnc(C2CCOCC2)nc1. The minimum absolute atomic E-state index is 0.325. The van der Waals surface area contributed by atoms with E-state index in [0.29, 0.717) is 11.4 Å². The zero-order chi connectivity index (χ0) is 10.7. The fraction of sp³-hybridized carbons (Fsp3) is 0.556. The van der Waals surface area contributed by atoms with Gasteiger partial charge in [-0.3, -0.25) is 0 Å². The van der Waals surface area contributed by atoms with E-state index in [0.717, 1.165) is 31.9 Å². The first-order valence-electron chi connectivity index (χ1n) is 5.03. The summed E-state index contributed by atoms with van der Waals surface area (Å²) >= 11 is 0. The van der Waals surface area contributed by atoms with Gasteiger partial charge in [-0.2, -0.15) is 0 Å². The van der Waals surface area contributed by atoms with Gasteiger partial charge < -0.3 is 14.8 Å². The van der Waals surface area contributed by atoms with Crippen LogP contribution in [0.4, 0.5) is 0 Å². The van der Waals surface area contributed by atoms with Crippen LogP contribution < -0.4 is 5.46 Å². The Balaban J connectivity index is 2.08. The third kappa shape index (κ3) is 2.53. The second-order valence-corrected chi connectivity index (χ2v) is 3.63. The first-order valence-corrected chi connectivity index (χ1v) is 5.03. The summed E-state index contributed by atoms with van der Waals surface area (Å²) in [6.07, 6.45) is 4.78. The second kappa shape index (κ2) is 4.70. The quantitative estimate of drug-likeness (QED) is 0.613. The van der Waals surface area contributed by atoms with Gasteiger partial charge in [-0.05, 0) is 12.8 Å². The zero-order valence-corrected chi connectivity index (χ0v) is 8.33. The second-order valence-electron chi connectivity index (χ2n) is 3.63. The van der Waals surface area contributed by atoms with E-state index in [9.17, 15) is 0 Å². The lowest BCUT2D eigenvalue weighted by Gasteiger charge is -2.20. The third-order valence-electron chi connectivity index (χ3n) is 2.58. The van der Waals surface area contributed by atoms with Gasteiger partial charge >= 0.3 is 7.12 Å². The summed E-state index contributed by atoms with van der Waals surface area (Å²) < 4.78 is 5.25. The largest absolute Gasteiger partial charge is 0.491 e. The molecule has 1 aromatic rings. The van der Waals surface area contributed by atoms with Crippen molar-refractivity contribution in [1.29, 1.82) is 0 Å². The van der Waals surface area contributed by atoms with Crippen molar-refractivity contribution < 1.29 is 14.8 Å². The van der Waals surface area contributed by atoms with Crippen molar-refractivity contribution in [2.75, 3.05) is 13.2 Å². The zero-order valence-electron chi connectivity index (χ0n) is 8.33. The van der Waals surface area contributed by atoms with Crippen molar-refractivity contribution in [3.05, 3.63) is 18.2 Å². The van der Waals surface area contributed by atoms with Crippen molar-refractivity contribution in [2.45, 2.75) is 18.8 Å². The maximum Gasteiger partial charge on any atom is 0.491 e. The van der Waals surface area contributed by atoms with Gasteiger partial charge in [-0.25, -0.2) is 9.97 Å². The smallest absolute Gasteiger partial charge is 0.423 e. The van der Waals surface area contributed by atoms with Crippen LogP contribution in [-0.4, -0.2) is 40.3 Å². The van der Waals surface area contributed by atoms with Crippen LogP contribution in [0.5, 0.6) is 0 Å². The lowest BCUT2D eigenvalue weighted by molar-refractivity contribution is 0.0836. The van der Waals surface area contributed by atoms with Crippen molar-refractivity contribution in [2.24, 2.45) is 0 Å². The molecule has 1 aromatic heterocycles. The molecule has 0 bridgehead atoms. The summed E-state index contributed by atoms with van der Waals surface area (Å²) in [6, 6.07) is 0. The Morgan fingerprint density at radius 2 is 1.80 bits per heavy atom. The molecule has 1 aliphatic rings. The average molecular weight is 208 g/mol. The van der Waals surface area contributed by atoms with Crippen molar-refractivity contribution in [3.63, 3.8) is 0 Å². The van der Waals surface area contributed by atoms with Crippen molar-refractivity contribution in [3.8, 4) is 0 Å². The standard InChI is InChI=1S/C9H13BN2O3/c13-10(14)8-5-11-9(12-6-8)7-1-3-15-4-2-7/h5-7,13-14H,1-4H2. The Morgan fingerprint density at radius 3 is 2.33 bits per heavy atom. The number of aromatic nitrogens is 2. The molecular weight excluding hydrogens is 195 g/mol. The van der Waals surface area contributed by atoms with Crippen LogP contribution in [0.1, 0.15) is 24.6 Å². The van der Waals surface area contributed by atoms with Gasteiger partial charge in [0.15, 0.2) is 0 Å². The van der Waals surface area contributed by atoms with Crippen LogP contribution in [0.3, 0.4) is 0 Å². The Kier molecular flexibility index (Phi) is 3.30. The fourth-order valence-electron chi connectivity index (χ4n) is 1.65. The summed E-state index contributed by atoms with van der Waals surface area (Å²) in [4.78, 5) is 8.27. The highest BCUT2D eigenvalue weighted by Gasteiger charge is 2.19. The van der Waals surface area contributed by atoms with Gasteiger partial charge in [0.2, 0.25) is 0 Å². The number of nitrogens with zero attached hydrogens (tertiary/aromatic N) is 2. The Bertz CT molecular complexity index is 312. The predicted octanol–water partition coefficient (Wildman–Crippen LogP) is -0.950. The van der Waals surface area contributed by atoms with E-state index < -0.39 is 7.12 Å². The molecule has 0 radical (unpaired) electrons. The van der Waals surface area contributed by atoms with Gasteiger partial charge in [-0.1, -0.05) is 0 Å². The molecule has 15 heavy (non-hydrogen) atoms. The Labute approximate surface area is 88.3 Å². The van der Waals surface area contributed by atoms with Crippen LogP contribution in [0.2, 0.25) is 0 Å². The van der Waals surface area contributed by atoms with Crippen LogP contribution in [0, 0.1) is 0 Å². The molecule has 6 heteroatoms. The lowest BCUT2D eigenvalue weighted by atomic mass is 9.83. The lowest BCUT2D eigenvalue weighted by Crippen LogP contribution is -2.31. The minimum Gasteiger partial charge on any atom is -0.423 e. The minimum atomic E-state index is -1.49. The number of hydrogen-bond acceptors (Lipinski definition) is 5. The van der Waals surface area contributed by atoms with E-state index in [1.54, 1.807) is 0 Å². The number of hydrogen-bond donors (Lipinski definition) is 2. The fourth-order valence-corrected chi connectivity index (χ4v) is 1.65. The molecule has 0 aliphatic carbocycles. The van der Waals surface area contributed by atoms with Crippen molar-refractivity contribution in [1.82, 2.24) is 9.97 Å². The summed E-state index contributed by atoms with van der Waals surface area (Å²) in [5.74, 6) is 1.10. The third-order valence-corrected chi connectivity index (χ3v) is 2.58. The normalized spacial score (nSPS) is 17.7. The average Bonchev–Trinajstić information content (AvgIpc) is 2.30. The first-order chi connectivity index (χ1) is 7.27. The molecule has 1 saturated heterocycles. The maximum absolute atomic E-state index is 8.88. The highest BCUT2D eigenvalue weighted by Crippen LogP contribution is 2.22. The summed E-state index contributed by atoms with van der Waals surface area (Å²) in [7, 11) is -1.49. The molecule has 0 saturated carbocycles. The molecule has 0 atom stereocenters. The van der Waals surface area contributed by atoms with E-state index in [1.165, 1.54) is 12.4 Å². The predicted molar refractivity (Wildman–Crippen MR) is 54.7 cm³/mol. The van der Waals surface area contributed by atoms with Gasteiger partial charge in [0.1, 0.15) is 5.82 Å². The molecule has 0 aromatic carbocycles. The maximum atomic E-state index is 8.88. The topological polar surface area (TPSA) is 75.5 Å². The van der Waals surface area contributed by atoms with E-state index in [1.807, 2.05) is 0 Å². The molecule has 2 heterocycles. The monoisotopic (exact) mass is 208 g/mol. The molecule has 0 unspecified atom stereocenters. The molecule has 0 amide bonds. The molecule has 80 valence electrons. The van der Waals surface area contributed by atoms with E-state index in [2.05, 4.69) is 9.97 Å². The molecule has 5 nitrogen and oxygen atoms in total. The Morgan fingerprint density at radius 1 is 1.20 bits per heavy atom. The summed E-state index contributed by atoms with van der Waals surface area (Å²) in [5.41, 5.74) is 0.325. The molecule has 2 N–H and O–H groups in total.